The number of rotatable bonds is 3. The van der Waals surface area contributed by atoms with Crippen molar-refractivity contribution in [2.75, 3.05) is 13.3 Å². The summed E-state index contributed by atoms with van der Waals surface area (Å²) >= 11 is 0. The summed E-state index contributed by atoms with van der Waals surface area (Å²) in [6.45, 7) is 4.88. The topological polar surface area (TPSA) is 77.7 Å². The number of nitrogens with zero attached hydrogens (tertiary/aromatic N) is 3. The Bertz CT molecular complexity index is 771. The van der Waals surface area contributed by atoms with E-state index in [1.807, 2.05) is 18.7 Å². The smallest absolute Gasteiger partial charge is 0.254 e. The molecule has 2 aliphatic heterocycles. The van der Waals surface area contributed by atoms with E-state index >= 15 is 0 Å². The van der Waals surface area contributed by atoms with Crippen LogP contribution in [0.2, 0.25) is 0 Å². The fraction of sp³-hybridized carbons (Fsp3) is 0.471. The van der Waals surface area contributed by atoms with Crippen molar-refractivity contribution in [1.29, 1.82) is 0 Å². The molecule has 1 amide bonds. The van der Waals surface area contributed by atoms with Crippen molar-refractivity contribution in [3.63, 3.8) is 0 Å². The predicted molar refractivity (Wildman–Crippen MR) is 84.0 cm³/mol. The van der Waals surface area contributed by atoms with E-state index in [1.165, 1.54) is 0 Å². The number of amides is 1. The van der Waals surface area contributed by atoms with Crippen LogP contribution >= 0.6 is 0 Å². The number of carbonyl (C=O) groups is 1. The van der Waals surface area contributed by atoms with Crippen LogP contribution in [0.25, 0.3) is 0 Å². The van der Waals surface area contributed by atoms with E-state index < -0.39 is 0 Å². The van der Waals surface area contributed by atoms with Crippen molar-refractivity contribution >= 4 is 5.91 Å². The zero-order chi connectivity index (χ0) is 16.7. The Morgan fingerprint density at radius 1 is 1.29 bits per heavy atom. The predicted octanol–water partition coefficient (Wildman–Crippen LogP) is 2.90. The molecule has 1 fully saturated rings. The van der Waals surface area contributed by atoms with Crippen molar-refractivity contribution in [2.45, 2.75) is 38.6 Å². The molecular formula is C17H19N3O4. The highest BCUT2D eigenvalue weighted by molar-refractivity contribution is 5.95. The molecular weight excluding hydrogens is 310 g/mol. The van der Waals surface area contributed by atoms with Crippen LogP contribution in [0.3, 0.4) is 0 Å². The maximum atomic E-state index is 12.9. The second kappa shape index (κ2) is 5.81. The Morgan fingerprint density at radius 2 is 2.12 bits per heavy atom. The normalized spacial score (nSPS) is 19.3. The van der Waals surface area contributed by atoms with Gasteiger partial charge in [0.2, 0.25) is 12.7 Å². The van der Waals surface area contributed by atoms with Gasteiger partial charge in [0.15, 0.2) is 17.3 Å². The first-order valence-corrected chi connectivity index (χ1v) is 8.17. The van der Waals surface area contributed by atoms with Gasteiger partial charge in [-0.2, -0.15) is 4.98 Å². The van der Waals surface area contributed by atoms with Crippen LogP contribution in [0.5, 0.6) is 11.5 Å². The van der Waals surface area contributed by atoms with Crippen LogP contribution in [0, 0.1) is 0 Å². The molecule has 0 aliphatic carbocycles. The van der Waals surface area contributed by atoms with Crippen molar-refractivity contribution in [3.8, 4) is 11.5 Å². The van der Waals surface area contributed by atoms with E-state index in [4.69, 9.17) is 14.0 Å². The zero-order valence-electron chi connectivity index (χ0n) is 13.7. The molecule has 0 saturated carbocycles. The van der Waals surface area contributed by atoms with Crippen LogP contribution in [-0.4, -0.2) is 34.3 Å². The minimum Gasteiger partial charge on any atom is -0.454 e. The molecule has 0 N–H and O–H groups in total. The number of hydrogen-bond donors (Lipinski definition) is 0. The Balaban J connectivity index is 1.58. The summed E-state index contributed by atoms with van der Waals surface area (Å²) in [5, 5.41) is 4.08. The molecule has 4 rings (SSSR count). The van der Waals surface area contributed by atoms with Crippen LogP contribution in [0.15, 0.2) is 22.7 Å². The van der Waals surface area contributed by atoms with Crippen LogP contribution in [0.4, 0.5) is 0 Å². The summed E-state index contributed by atoms with van der Waals surface area (Å²) in [4.78, 5) is 19.2. The summed E-state index contributed by atoms with van der Waals surface area (Å²) in [5.41, 5.74) is 0.582. The molecule has 7 heteroatoms. The molecule has 7 nitrogen and oxygen atoms in total. The molecule has 126 valence electrons. The summed E-state index contributed by atoms with van der Waals surface area (Å²) < 4.78 is 16.0. The van der Waals surface area contributed by atoms with Gasteiger partial charge in [0, 0.05) is 18.0 Å². The molecule has 1 atom stereocenters. The molecule has 2 aliphatic rings. The van der Waals surface area contributed by atoms with Gasteiger partial charge in [-0.1, -0.05) is 19.0 Å². The molecule has 0 spiro atoms. The van der Waals surface area contributed by atoms with Gasteiger partial charge in [-0.25, -0.2) is 0 Å². The molecule has 3 heterocycles. The Morgan fingerprint density at radius 3 is 2.92 bits per heavy atom. The second-order valence-electron chi connectivity index (χ2n) is 6.37. The second-order valence-corrected chi connectivity index (χ2v) is 6.37. The van der Waals surface area contributed by atoms with E-state index in [2.05, 4.69) is 10.1 Å². The lowest BCUT2D eigenvalue weighted by molar-refractivity contribution is 0.0728. The lowest BCUT2D eigenvalue weighted by Gasteiger charge is -2.22. The van der Waals surface area contributed by atoms with Gasteiger partial charge in [-0.3, -0.25) is 4.79 Å². The van der Waals surface area contributed by atoms with Crippen molar-refractivity contribution in [1.82, 2.24) is 15.0 Å². The summed E-state index contributed by atoms with van der Waals surface area (Å²) in [6.07, 6.45) is 1.76. The van der Waals surface area contributed by atoms with E-state index in [1.54, 1.807) is 18.2 Å². The van der Waals surface area contributed by atoms with Gasteiger partial charge in [0.25, 0.3) is 5.91 Å². The van der Waals surface area contributed by atoms with Gasteiger partial charge in [-0.05, 0) is 31.0 Å². The number of hydrogen-bond acceptors (Lipinski definition) is 6. The summed E-state index contributed by atoms with van der Waals surface area (Å²) in [6, 6.07) is 5.13. The van der Waals surface area contributed by atoms with Crippen LogP contribution in [-0.2, 0) is 0 Å². The number of fused-ring (bicyclic) bond motifs is 1. The van der Waals surface area contributed by atoms with E-state index in [-0.39, 0.29) is 24.7 Å². The highest BCUT2D eigenvalue weighted by Gasteiger charge is 2.34. The lowest BCUT2D eigenvalue weighted by atomic mass is 10.1. The fourth-order valence-electron chi connectivity index (χ4n) is 3.09. The number of benzene rings is 1. The average Bonchev–Trinajstić information content (AvgIpc) is 3.31. The van der Waals surface area contributed by atoms with Gasteiger partial charge in [0.05, 0.1) is 6.04 Å². The monoisotopic (exact) mass is 329 g/mol. The third-order valence-electron chi connectivity index (χ3n) is 4.38. The average molecular weight is 329 g/mol. The highest BCUT2D eigenvalue weighted by Crippen LogP contribution is 2.36. The molecule has 0 radical (unpaired) electrons. The van der Waals surface area contributed by atoms with E-state index in [0.29, 0.717) is 35.3 Å². The zero-order valence-corrected chi connectivity index (χ0v) is 13.7. The largest absolute Gasteiger partial charge is 0.454 e. The van der Waals surface area contributed by atoms with Crippen molar-refractivity contribution in [3.05, 3.63) is 35.5 Å². The fourth-order valence-corrected chi connectivity index (χ4v) is 3.09. The Labute approximate surface area is 139 Å². The van der Waals surface area contributed by atoms with E-state index in [0.717, 1.165) is 12.8 Å². The molecule has 1 saturated heterocycles. The third-order valence-corrected chi connectivity index (χ3v) is 4.38. The van der Waals surface area contributed by atoms with Gasteiger partial charge in [-0.15, -0.1) is 0 Å². The summed E-state index contributed by atoms with van der Waals surface area (Å²) in [7, 11) is 0. The molecule has 1 unspecified atom stereocenters. The molecule has 0 bridgehead atoms. The molecule has 2 aromatic rings. The summed E-state index contributed by atoms with van der Waals surface area (Å²) in [5.74, 6) is 2.59. The Hall–Kier alpha value is -2.57. The van der Waals surface area contributed by atoms with Gasteiger partial charge < -0.3 is 18.9 Å². The van der Waals surface area contributed by atoms with Crippen LogP contribution in [0.1, 0.15) is 60.7 Å². The number of carbonyl (C=O) groups excluding carboxylic acids is 1. The first kappa shape index (κ1) is 15.0. The molecule has 24 heavy (non-hydrogen) atoms. The lowest BCUT2D eigenvalue weighted by Crippen LogP contribution is -2.31. The standard InChI is InChI=1S/C17H19N3O4/c1-10(2)16-18-15(19-24-16)12-4-3-7-20(12)17(21)11-5-6-13-14(8-11)23-9-22-13/h5-6,8,10,12H,3-4,7,9H2,1-2H3. The Kier molecular flexibility index (Phi) is 3.63. The van der Waals surface area contributed by atoms with Crippen LogP contribution < -0.4 is 9.47 Å². The SMILES string of the molecule is CC(C)c1nc(C2CCCN2C(=O)c2ccc3c(c2)OCO3)no1. The molecule has 1 aromatic heterocycles. The van der Waals surface area contributed by atoms with Gasteiger partial charge >= 0.3 is 0 Å². The number of aromatic nitrogens is 2. The molecule has 1 aromatic carbocycles. The first-order valence-electron chi connectivity index (χ1n) is 8.17. The minimum atomic E-state index is -0.140. The highest BCUT2D eigenvalue weighted by atomic mass is 16.7. The number of ether oxygens (including phenoxy) is 2. The third kappa shape index (κ3) is 2.50. The van der Waals surface area contributed by atoms with Crippen molar-refractivity contribution in [2.24, 2.45) is 0 Å². The number of likely N-dealkylation sites (tertiary alicyclic amines) is 1. The maximum Gasteiger partial charge on any atom is 0.254 e. The van der Waals surface area contributed by atoms with Crippen molar-refractivity contribution < 1.29 is 18.8 Å². The minimum absolute atomic E-state index is 0.0494. The maximum absolute atomic E-state index is 12.9. The first-order chi connectivity index (χ1) is 11.6. The van der Waals surface area contributed by atoms with E-state index in [9.17, 15) is 4.79 Å². The quantitative estimate of drug-likeness (QED) is 0.861. The van der Waals surface area contributed by atoms with Gasteiger partial charge in [0.1, 0.15) is 0 Å².